The summed E-state index contributed by atoms with van der Waals surface area (Å²) in [5, 5.41) is 19.0. The van der Waals surface area contributed by atoms with Crippen molar-refractivity contribution in [1.82, 2.24) is 5.32 Å². The summed E-state index contributed by atoms with van der Waals surface area (Å²) in [7, 11) is -3.66. The highest BCUT2D eigenvalue weighted by molar-refractivity contribution is 7.89. The van der Waals surface area contributed by atoms with Crippen LogP contribution in [0.15, 0.2) is 47.4 Å². The van der Waals surface area contributed by atoms with Gasteiger partial charge in [0.25, 0.3) is 0 Å². The van der Waals surface area contributed by atoms with Crippen LogP contribution in [-0.4, -0.2) is 45.6 Å². The largest absolute Gasteiger partial charge is 0.463 e. The van der Waals surface area contributed by atoms with Gasteiger partial charge in [0.1, 0.15) is 5.75 Å². The van der Waals surface area contributed by atoms with Crippen molar-refractivity contribution in [3.63, 3.8) is 0 Å². The Morgan fingerprint density at radius 2 is 1.81 bits per heavy atom. The van der Waals surface area contributed by atoms with Crippen molar-refractivity contribution in [3.8, 4) is 5.75 Å². The van der Waals surface area contributed by atoms with E-state index in [-0.39, 0.29) is 4.90 Å². The standard InChI is InChI=1S/C28H42N2O6S/c1-28(2)35-21-24-19-23(13-14-27(24)36-28)26(31)20-30-15-6-4-3-5-7-16-34-17-9-11-22-10-8-12-25(18-22)37(29,32)33/h8,10,12-14,18-19,26,30-31H,3-7,9,11,15-17,20-21H2,1-2H3,(H2,29,32,33)/t26-/m0/s1. The molecule has 1 aliphatic rings. The highest BCUT2D eigenvalue weighted by Gasteiger charge is 2.27. The number of unbranched alkanes of at least 4 members (excludes halogenated alkanes) is 4. The van der Waals surface area contributed by atoms with Crippen molar-refractivity contribution in [2.45, 2.75) is 82.2 Å². The van der Waals surface area contributed by atoms with E-state index in [4.69, 9.17) is 19.3 Å². The predicted octanol–water partition coefficient (Wildman–Crippen LogP) is 4.20. The molecular formula is C28H42N2O6S. The van der Waals surface area contributed by atoms with Crippen LogP contribution in [0.2, 0.25) is 0 Å². The van der Waals surface area contributed by atoms with Crippen LogP contribution in [0, 0.1) is 0 Å². The number of aryl methyl sites for hydroxylation is 1. The maximum Gasteiger partial charge on any atom is 0.238 e. The normalized spacial score (nSPS) is 15.7. The molecule has 0 saturated heterocycles. The van der Waals surface area contributed by atoms with E-state index >= 15 is 0 Å². The lowest BCUT2D eigenvalue weighted by Crippen LogP contribution is -2.35. The fraction of sp³-hybridized carbons (Fsp3) is 0.571. The van der Waals surface area contributed by atoms with Crippen LogP contribution in [0.5, 0.6) is 5.75 Å². The van der Waals surface area contributed by atoms with Crippen molar-refractivity contribution >= 4 is 10.0 Å². The molecule has 1 atom stereocenters. The van der Waals surface area contributed by atoms with Crippen LogP contribution < -0.4 is 15.2 Å². The van der Waals surface area contributed by atoms with Gasteiger partial charge in [0.2, 0.25) is 15.8 Å². The molecule has 0 aliphatic carbocycles. The summed E-state index contributed by atoms with van der Waals surface area (Å²) in [5.41, 5.74) is 2.79. The minimum absolute atomic E-state index is 0.155. The zero-order valence-electron chi connectivity index (χ0n) is 22.1. The van der Waals surface area contributed by atoms with Gasteiger partial charge in [-0.25, -0.2) is 13.6 Å². The summed E-state index contributed by atoms with van der Waals surface area (Å²) < 4.78 is 40.1. The second-order valence-corrected chi connectivity index (χ2v) is 11.6. The predicted molar refractivity (Wildman–Crippen MR) is 144 cm³/mol. The van der Waals surface area contributed by atoms with Crippen LogP contribution in [0.3, 0.4) is 0 Å². The molecule has 0 radical (unpaired) electrons. The maximum atomic E-state index is 11.4. The second kappa shape index (κ2) is 14.2. The van der Waals surface area contributed by atoms with E-state index in [9.17, 15) is 13.5 Å². The molecule has 2 aromatic rings. The molecule has 3 rings (SSSR count). The molecule has 0 saturated carbocycles. The second-order valence-electron chi connectivity index (χ2n) is 10.1. The van der Waals surface area contributed by atoms with E-state index in [1.165, 1.54) is 6.07 Å². The minimum atomic E-state index is -3.66. The highest BCUT2D eigenvalue weighted by Crippen LogP contribution is 2.32. The fourth-order valence-electron chi connectivity index (χ4n) is 4.26. The number of aliphatic hydroxyl groups is 1. The first kappa shape index (κ1) is 29.5. The molecule has 1 heterocycles. The third-order valence-electron chi connectivity index (χ3n) is 6.36. The van der Waals surface area contributed by atoms with Crippen molar-refractivity contribution in [2.75, 3.05) is 26.3 Å². The van der Waals surface area contributed by atoms with Gasteiger partial charge in [-0.1, -0.05) is 37.5 Å². The van der Waals surface area contributed by atoms with Crippen molar-refractivity contribution in [3.05, 3.63) is 59.2 Å². The van der Waals surface area contributed by atoms with E-state index in [1.54, 1.807) is 12.1 Å². The maximum absolute atomic E-state index is 11.4. The summed E-state index contributed by atoms with van der Waals surface area (Å²) in [5.74, 6) is 0.204. The van der Waals surface area contributed by atoms with Gasteiger partial charge in [0.15, 0.2) is 0 Å². The van der Waals surface area contributed by atoms with Crippen LogP contribution in [-0.2, 0) is 32.5 Å². The van der Waals surface area contributed by atoms with Crippen LogP contribution in [0.1, 0.15) is 75.2 Å². The average molecular weight is 535 g/mol. The summed E-state index contributed by atoms with van der Waals surface area (Å²) in [6.45, 7) is 7.08. The van der Waals surface area contributed by atoms with Crippen LogP contribution >= 0.6 is 0 Å². The monoisotopic (exact) mass is 534 g/mol. The molecule has 8 nitrogen and oxygen atoms in total. The number of nitrogens with one attached hydrogen (secondary N) is 1. The topological polar surface area (TPSA) is 120 Å². The molecule has 2 aromatic carbocycles. The first-order chi connectivity index (χ1) is 17.6. The Labute approximate surface area is 221 Å². The third-order valence-corrected chi connectivity index (χ3v) is 7.27. The first-order valence-corrected chi connectivity index (χ1v) is 14.7. The lowest BCUT2D eigenvalue weighted by atomic mass is 10.0. The Kier molecular flexibility index (Phi) is 11.4. The Balaban J connectivity index is 1.16. The number of aliphatic hydroxyl groups excluding tert-OH is 1. The number of rotatable bonds is 16. The number of fused-ring (bicyclic) bond motifs is 1. The van der Waals surface area contributed by atoms with Crippen molar-refractivity contribution < 1.29 is 27.7 Å². The fourth-order valence-corrected chi connectivity index (χ4v) is 4.85. The molecule has 4 N–H and O–H groups in total. The van der Waals surface area contributed by atoms with E-state index in [2.05, 4.69) is 5.32 Å². The Bertz CT molecular complexity index is 1090. The minimum Gasteiger partial charge on any atom is -0.463 e. The summed E-state index contributed by atoms with van der Waals surface area (Å²) in [6, 6.07) is 12.6. The van der Waals surface area contributed by atoms with Gasteiger partial charge in [-0.2, -0.15) is 0 Å². The van der Waals surface area contributed by atoms with E-state index in [0.717, 1.165) is 80.5 Å². The summed E-state index contributed by atoms with van der Waals surface area (Å²) in [4.78, 5) is 0.155. The molecule has 0 spiro atoms. The Hall–Kier alpha value is -2.01. The third kappa shape index (κ3) is 10.3. The van der Waals surface area contributed by atoms with Gasteiger partial charge in [-0.3, -0.25) is 0 Å². The molecule has 0 aromatic heterocycles. The number of ether oxygens (including phenoxy) is 3. The van der Waals surface area contributed by atoms with E-state index < -0.39 is 21.9 Å². The van der Waals surface area contributed by atoms with Crippen LogP contribution in [0.25, 0.3) is 0 Å². The van der Waals surface area contributed by atoms with Gasteiger partial charge in [-0.15, -0.1) is 0 Å². The summed E-state index contributed by atoms with van der Waals surface area (Å²) in [6.07, 6.45) is 6.60. The van der Waals surface area contributed by atoms with Gasteiger partial charge in [-0.05, 0) is 67.6 Å². The highest BCUT2D eigenvalue weighted by atomic mass is 32.2. The Morgan fingerprint density at radius 1 is 1.05 bits per heavy atom. The average Bonchev–Trinajstić information content (AvgIpc) is 2.85. The molecule has 0 amide bonds. The number of sulfonamides is 1. The molecule has 0 fully saturated rings. The van der Waals surface area contributed by atoms with Gasteiger partial charge < -0.3 is 24.6 Å². The quantitative estimate of drug-likeness (QED) is 0.276. The number of hydrogen-bond donors (Lipinski definition) is 3. The first-order valence-electron chi connectivity index (χ1n) is 13.2. The molecule has 37 heavy (non-hydrogen) atoms. The van der Waals surface area contributed by atoms with Gasteiger partial charge >= 0.3 is 0 Å². The zero-order valence-corrected chi connectivity index (χ0v) is 22.9. The molecule has 1 aliphatic heterocycles. The lowest BCUT2D eigenvalue weighted by Gasteiger charge is -2.33. The van der Waals surface area contributed by atoms with Crippen molar-refractivity contribution in [1.29, 1.82) is 0 Å². The number of hydrogen-bond acceptors (Lipinski definition) is 7. The number of nitrogens with two attached hydrogens (primary N) is 1. The van der Waals surface area contributed by atoms with Crippen molar-refractivity contribution in [2.24, 2.45) is 5.14 Å². The SMILES string of the molecule is CC1(C)OCc2cc([C@@H](O)CNCCCCCCCOCCCc3cccc(S(N)(=O)=O)c3)ccc2O1. The van der Waals surface area contributed by atoms with Gasteiger partial charge in [0.05, 0.1) is 17.6 Å². The van der Waals surface area contributed by atoms with E-state index in [0.29, 0.717) is 19.8 Å². The molecule has 0 bridgehead atoms. The molecule has 0 unspecified atom stereocenters. The lowest BCUT2D eigenvalue weighted by molar-refractivity contribution is -0.180. The number of benzene rings is 2. The number of primary sulfonamides is 1. The molecule has 206 valence electrons. The van der Waals surface area contributed by atoms with Crippen LogP contribution in [0.4, 0.5) is 0 Å². The Morgan fingerprint density at radius 3 is 2.62 bits per heavy atom. The smallest absolute Gasteiger partial charge is 0.238 e. The molecular weight excluding hydrogens is 492 g/mol. The molecule has 9 heteroatoms. The van der Waals surface area contributed by atoms with Gasteiger partial charge in [0, 0.05) is 39.2 Å². The van der Waals surface area contributed by atoms with E-state index in [1.807, 2.05) is 38.1 Å². The summed E-state index contributed by atoms with van der Waals surface area (Å²) >= 11 is 0. The zero-order chi connectivity index (χ0) is 26.7.